The number of H-pyrrole nitrogens is 2. The zero-order valence-corrected chi connectivity index (χ0v) is 16.3. The molecule has 3 N–H and O–H groups in total. The average Bonchev–Trinajstić information content (AvgIpc) is 3.48. The van der Waals surface area contributed by atoms with Crippen molar-refractivity contribution in [2.45, 2.75) is 5.54 Å². The Labute approximate surface area is 172 Å². The molecule has 0 spiro atoms. The number of nitrogens with one attached hydrogen (secondary N) is 3. The summed E-state index contributed by atoms with van der Waals surface area (Å²) in [5, 5.41) is 5.63. The summed E-state index contributed by atoms with van der Waals surface area (Å²) in [6.07, 6.45) is 3.89. The number of ketones is 1. The zero-order valence-electron chi connectivity index (χ0n) is 16.3. The van der Waals surface area contributed by atoms with Crippen LogP contribution in [0.15, 0.2) is 79.1 Å². The van der Waals surface area contributed by atoms with Gasteiger partial charge in [0.15, 0.2) is 11.3 Å². The van der Waals surface area contributed by atoms with E-state index >= 15 is 0 Å². The lowest BCUT2D eigenvalue weighted by molar-refractivity contribution is 0.0942. The number of fused-ring (bicyclic) bond motifs is 3. The van der Waals surface area contributed by atoms with Crippen LogP contribution in [-0.2, 0) is 5.54 Å². The molecule has 5 aromatic rings. The molecule has 0 saturated carbocycles. The van der Waals surface area contributed by atoms with Crippen LogP contribution in [0.1, 0.15) is 21.5 Å². The number of carbonyl (C=O) groups excluding carboxylic acids is 1. The third-order valence-corrected chi connectivity index (χ3v) is 6.12. The van der Waals surface area contributed by atoms with E-state index in [0.29, 0.717) is 11.3 Å². The zero-order chi connectivity index (χ0) is 20.3. The number of ether oxygens (including phenoxy) is 1. The molecule has 0 saturated heterocycles. The molecule has 1 aliphatic heterocycles. The molecule has 146 valence electrons. The molecule has 0 unspecified atom stereocenters. The highest BCUT2D eigenvalue weighted by Crippen LogP contribution is 2.48. The third-order valence-electron chi connectivity index (χ3n) is 6.12. The summed E-state index contributed by atoms with van der Waals surface area (Å²) in [6.45, 7) is 0. The van der Waals surface area contributed by atoms with Crippen LogP contribution in [0.5, 0.6) is 5.75 Å². The Kier molecular flexibility index (Phi) is 3.39. The molecule has 0 amide bonds. The fourth-order valence-corrected chi connectivity index (χ4v) is 4.70. The Morgan fingerprint density at radius 3 is 2.00 bits per heavy atom. The quantitative estimate of drug-likeness (QED) is 0.394. The minimum Gasteiger partial charge on any atom is -0.497 e. The summed E-state index contributed by atoms with van der Waals surface area (Å²) in [4.78, 5) is 20.8. The first-order valence-corrected chi connectivity index (χ1v) is 9.86. The van der Waals surface area contributed by atoms with Gasteiger partial charge in [0.25, 0.3) is 0 Å². The molecule has 3 heterocycles. The van der Waals surface area contributed by atoms with Crippen molar-refractivity contribution in [1.29, 1.82) is 0 Å². The number of rotatable bonds is 3. The summed E-state index contributed by atoms with van der Waals surface area (Å²) < 4.78 is 5.39. The normalized spacial score (nSPS) is 14.8. The van der Waals surface area contributed by atoms with Crippen LogP contribution in [0.3, 0.4) is 0 Å². The van der Waals surface area contributed by atoms with E-state index in [1.807, 2.05) is 67.0 Å². The first-order valence-electron chi connectivity index (χ1n) is 9.86. The first kappa shape index (κ1) is 16.9. The van der Waals surface area contributed by atoms with Crippen LogP contribution in [0, 0.1) is 0 Å². The highest BCUT2D eigenvalue weighted by atomic mass is 16.5. The van der Waals surface area contributed by atoms with Crippen LogP contribution in [0.4, 0.5) is 5.69 Å². The van der Waals surface area contributed by atoms with Crippen molar-refractivity contribution < 1.29 is 9.53 Å². The molecule has 30 heavy (non-hydrogen) atoms. The number of aromatic nitrogens is 2. The van der Waals surface area contributed by atoms with Crippen molar-refractivity contribution in [3.05, 3.63) is 95.8 Å². The van der Waals surface area contributed by atoms with E-state index in [0.717, 1.165) is 38.6 Å². The minimum absolute atomic E-state index is 0.00547. The summed E-state index contributed by atoms with van der Waals surface area (Å²) in [7, 11) is 1.61. The molecule has 0 atom stereocenters. The van der Waals surface area contributed by atoms with Crippen LogP contribution >= 0.6 is 0 Å². The fraction of sp³-hybridized carbons (Fsp3) is 0.0800. The van der Waals surface area contributed by atoms with Crippen molar-refractivity contribution in [1.82, 2.24) is 9.97 Å². The Hall–Kier alpha value is -3.99. The molecule has 5 nitrogen and oxygen atoms in total. The molecule has 0 radical (unpaired) electrons. The Morgan fingerprint density at radius 2 is 1.40 bits per heavy atom. The minimum atomic E-state index is -1.05. The number of methoxy groups -OCH3 is 1. The standard InChI is InChI=1S/C25H19N3O2/c1-30-15-10-11-23-18(12-15)24(29)25(28-23,19-13-26-21-8-4-2-6-16(19)21)20-14-27-22-9-5-3-7-17(20)22/h2-14,26-28H,1H3. The number of carbonyl (C=O) groups is 1. The second-order valence-corrected chi connectivity index (χ2v) is 7.61. The van der Waals surface area contributed by atoms with Crippen molar-refractivity contribution in [3.63, 3.8) is 0 Å². The molecule has 5 heteroatoms. The van der Waals surface area contributed by atoms with Gasteiger partial charge in [0.1, 0.15) is 5.75 Å². The molecule has 2 aromatic heterocycles. The van der Waals surface area contributed by atoms with Crippen LogP contribution < -0.4 is 10.1 Å². The van der Waals surface area contributed by atoms with Crippen molar-refractivity contribution in [2.75, 3.05) is 12.4 Å². The topological polar surface area (TPSA) is 69.9 Å². The Morgan fingerprint density at radius 1 is 0.800 bits per heavy atom. The predicted octanol–water partition coefficient (Wildman–Crippen LogP) is 5.21. The number of benzene rings is 3. The van der Waals surface area contributed by atoms with Gasteiger partial charge in [0.2, 0.25) is 0 Å². The maximum atomic E-state index is 14.1. The van der Waals surface area contributed by atoms with Gasteiger partial charge in [-0.2, -0.15) is 0 Å². The lowest BCUT2D eigenvalue weighted by atomic mass is 9.79. The largest absolute Gasteiger partial charge is 0.497 e. The Balaban J connectivity index is 1.70. The van der Waals surface area contributed by atoms with E-state index in [1.54, 1.807) is 7.11 Å². The van der Waals surface area contributed by atoms with Crippen LogP contribution in [0.2, 0.25) is 0 Å². The van der Waals surface area contributed by atoms with E-state index in [4.69, 9.17) is 4.74 Å². The number of para-hydroxylation sites is 2. The second-order valence-electron chi connectivity index (χ2n) is 7.61. The van der Waals surface area contributed by atoms with Gasteiger partial charge in [-0.05, 0) is 30.3 Å². The molecule has 3 aromatic carbocycles. The van der Waals surface area contributed by atoms with Gasteiger partial charge in [-0.3, -0.25) is 4.79 Å². The molecular weight excluding hydrogens is 374 g/mol. The highest BCUT2D eigenvalue weighted by molar-refractivity contribution is 6.19. The summed E-state index contributed by atoms with van der Waals surface area (Å²) in [6, 6.07) is 21.7. The van der Waals surface area contributed by atoms with Gasteiger partial charge >= 0.3 is 0 Å². The smallest absolute Gasteiger partial charge is 0.199 e. The van der Waals surface area contributed by atoms with Crippen molar-refractivity contribution in [2.24, 2.45) is 0 Å². The second kappa shape index (κ2) is 6.00. The Bertz CT molecular complexity index is 1370. The van der Waals surface area contributed by atoms with E-state index < -0.39 is 5.54 Å². The van der Waals surface area contributed by atoms with Gasteiger partial charge < -0.3 is 20.0 Å². The summed E-state index contributed by atoms with van der Waals surface area (Å²) in [5.41, 5.74) is 4.19. The van der Waals surface area contributed by atoms with Crippen LogP contribution in [0.25, 0.3) is 21.8 Å². The maximum absolute atomic E-state index is 14.1. The van der Waals surface area contributed by atoms with Crippen molar-refractivity contribution in [3.8, 4) is 5.75 Å². The predicted molar refractivity (Wildman–Crippen MR) is 118 cm³/mol. The van der Waals surface area contributed by atoms with E-state index in [9.17, 15) is 4.79 Å². The number of anilines is 1. The van der Waals surface area contributed by atoms with Crippen LogP contribution in [-0.4, -0.2) is 22.9 Å². The first-order chi connectivity index (χ1) is 14.7. The van der Waals surface area contributed by atoms with Gasteiger partial charge in [0, 0.05) is 56.6 Å². The number of aromatic amines is 2. The summed E-state index contributed by atoms with van der Waals surface area (Å²) in [5.74, 6) is 0.670. The highest BCUT2D eigenvalue weighted by Gasteiger charge is 2.50. The molecule has 6 rings (SSSR count). The average molecular weight is 393 g/mol. The third kappa shape index (κ3) is 2.09. The fourth-order valence-electron chi connectivity index (χ4n) is 4.70. The van der Waals surface area contributed by atoms with Crippen molar-refractivity contribution >= 4 is 33.3 Å². The number of hydrogen-bond acceptors (Lipinski definition) is 3. The van der Waals surface area contributed by atoms with E-state index in [2.05, 4.69) is 27.4 Å². The number of Topliss-reactive ketones (excluding diaryl/α,β-unsaturated/α-hetero) is 1. The van der Waals surface area contributed by atoms with E-state index in [1.165, 1.54) is 0 Å². The number of hydrogen-bond donors (Lipinski definition) is 3. The van der Waals surface area contributed by atoms with E-state index in [-0.39, 0.29) is 5.78 Å². The summed E-state index contributed by atoms with van der Waals surface area (Å²) >= 11 is 0. The monoisotopic (exact) mass is 393 g/mol. The lowest BCUT2D eigenvalue weighted by Crippen LogP contribution is -2.39. The molecular formula is C25H19N3O2. The molecule has 0 bridgehead atoms. The lowest BCUT2D eigenvalue weighted by Gasteiger charge is -2.28. The molecule has 0 aliphatic carbocycles. The SMILES string of the molecule is COc1ccc2c(c1)C(=O)C(c1c[nH]c3ccccc13)(c1c[nH]c3ccccc13)N2. The van der Waals surface area contributed by atoms with Gasteiger partial charge in [0.05, 0.1) is 7.11 Å². The van der Waals surface area contributed by atoms with Gasteiger partial charge in [-0.25, -0.2) is 0 Å². The van der Waals surface area contributed by atoms with Gasteiger partial charge in [-0.15, -0.1) is 0 Å². The van der Waals surface area contributed by atoms with Gasteiger partial charge in [-0.1, -0.05) is 36.4 Å². The maximum Gasteiger partial charge on any atom is 0.199 e. The molecule has 0 fully saturated rings. The molecule has 1 aliphatic rings.